The number of para-hydroxylation sites is 2. The van der Waals surface area contributed by atoms with E-state index < -0.39 is 8.07 Å². The van der Waals surface area contributed by atoms with Gasteiger partial charge < -0.3 is 9.32 Å². The average Bonchev–Trinajstić information content (AvgIpc) is 3.67. The van der Waals surface area contributed by atoms with E-state index in [9.17, 15) is 0 Å². The standard InChI is InChI=1S/C48H35NOSi/c1-51(2)45-28-27-44-47(40-20-9-11-22-43(40)50-44)48(45)41-26-25-38(31-46(41)51)49(42-21-10-8-19-39(42)33-14-4-3-5-15-33)37-18-12-17-35(30-37)36-24-23-32-13-6-7-16-34(32)29-36/h3-31H,1-2H3. The van der Waals surface area contributed by atoms with Gasteiger partial charge in [0.1, 0.15) is 19.2 Å². The highest BCUT2D eigenvalue weighted by molar-refractivity contribution is 7.04. The summed E-state index contributed by atoms with van der Waals surface area (Å²) < 4.78 is 6.37. The fraction of sp³-hybridized carbons (Fsp3) is 0.0417. The van der Waals surface area contributed by atoms with Crippen LogP contribution in [0.2, 0.25) is 13.1 Å². The quantitative estimate of drug-likeness (QED) is 0.170. The molecule has 10 rings (SSSR count). The van der Waals surface area contributed by atoms with Gasteiger partial charge in [0.25, 0.3) is 0 Å². The molecule has 242 valence electrons. The summed E-state index contributed by atoms with van der Waals surface area (Å²) in [5, 5.41) is 7.86. The molecule has 0 unspecified atom stereocenters. The van der Waals surface area contributed by atoms with Crippen molar-refractivity contribution in [3.05, 3.63) is 176 Å². The van der Waals surface area contributed by atoms with Crippen LogP contribution >= 0.6 is 0 Å². The van der Waals surface area contributed by atoms with Crippen molar-refractivity contribution in [1.29, 1.82) is 0 Å². The maximum absolute atomic E-state index is 6.37. The van der Waals surface area contributed by atoms with Gasteiger partial charge >= 0.3 is 0 Å². The summed E-state index contributed by atoms with van der Waals surface area (Å²) in [7, 11) is -2.07. The first-order chi connectivity index (χ1) is 25.0. The van der Waals surface area contributed by atoms with E-state index in [1.165, 1.54) is 65.3 Å². The Hall–Kier alpha value is -6.16. The number of furan rings is 1. The van der Waals surface area contributed by atoms with Gasteiger partial charge in [-0.05, 0) is 97.5 Å². The number of rotatable bonds is 5. The van der Waals surface area contributed by atoms with E-state index in [1.807, 2.05) is 0 Å². The summed E-state index contributed by atoms with van der Waals surface area (Å²) in [5.41, 5.74) is 12.8. The third kappa shape index (κ3) is 4.70. The minimum atomic E-state index is -2.07. The highest BCUT2D eigenvalue weighted by atomic mass is 28.3. The molecule has 0 atom stereocenters. The van der Waals surface area contributed by atoms with Crippen LogP contribution in [-0.2, 0) is 0 Å². The Balaban J connectivity index is 1.19. The maximum atomic E-state index is 6.37. The van der Waals surface area contributed by atoms with Gasteiger partial charge in [-0.15, -0.1) is 0 Å². The zero-order chi connectivity index (χ0) is 34.1. The fourth-order valence-electron chi connectivity index (χ4n) is 8.32. The highest BCUT2D eigenvalue weighted by Gasteiger charge is 2.40. The van der Waals surface area contributed by atoms with E-state index in [-0.39, 0.29) is 0 Å². The van der Waals surface area contributed by atoms with Gasteiger partial charge in [0.15, 0.2) is 0 Å². The lowest BCUT2D eigenvalue weighted by molar-refractivity contribution is 0.669. The second kappa shape index (κ2) is 11.4. The highest BCUT2D eigenvalue weighted by Crippen LogP contribution is 2.45. The minimum absolute atomic E-state index is 0.945. The molecule has 9 aromatic rings. The second-order valence-corrected chi connectivity index (χ2v) is 18.5. The van der Waals surface area contributed by atoms with Crippen LogP contribution in [0, 0.1) is 0 Å². The molecule has 2 nitrogen and oxygen atoms in total. The van der Waals surface area contributed by atoms with Crippen LogP contribution in [0.15, 0.2) is 180 Å². The summed E-state index contributed by atoms with van der Waals surface area (Å²) >= 11 is 0. The Morgan fingerprint density at radius 2 is 1.18 bits per heavy atom. The lowest BCUT2D eigenvalue weighted by Gasteiger charge is -2.30. The molecule has 0 N–H and O–H groups in total. The number of hydrogen-bond acceptors (Lipinski definition) is 2. The first-order valence-electron chi connectivity index (χ1n) is 17.7. The number of nitrogens with zero attached hydrogens (tertiary/aromatic N) is 1. The Morgan fingerprint density at radius 1 is 0.451 bits per heavy atom. The third-order valence-electron chi connectivity index (χ3n) is 10.8. The zero-order valence-electron chi connectivity index (χ0n) is 28.6. The smallest absolute Gasteiger partial charge is 0.136 e. The Kier molecular flexibility index (Phi) is 6.67. The van der Waals surface area contributed by atoms with E-state index in [1.54, 1.807) is 0 Å². The lowest BCUT2D eigenvalue weighted by atomic mass is 9.98. The Morgan fingerprint density at radius 3 is 2.08 bits per heavy atom. The fourth-order valence-corrected chi connectivity index (χ4v) is 11.4. The summed E-state index contributed by atoms with van der Waals surface area (Å²) in [6.07, 6.45) is 0. The monoisotopic (exact) mass is 669 g/mol. The molecule has 0 radical (unpaired) electrons. The van der Waals surface area contributed by atoms with Crippen molar-refractivity contribution in [3.63, 3.8) is 0 Å². The van der Waals surface area contributed by atoms with Crippen molar-refractivity contribution in [2.75, 3.05) is 4.90 Å². The molecule has 1 aromatic heterocycles. The van der Waals surface area contributed by atoms with E-state index in [0.717, 1.165) is 28.2 Å². The molecule has 1 aliphatic rings. The summed E-state index contributed by atoms with van der Waals surface area (Å²) in [6, 6.07) is 64.1. The third-order valence-corrected chi connectivity index (χ3v) is 14.4. The van der Waals surface area contributed by atoms with Crippen LogP contribution in [0.4, 0.5) is 17.1 Å². The molecule has 2 heterocycles. The number of fused-ring (bicyclic) bond motifs is 8. The number of hydrogen-bond donors (Lipinski definition) is 0. The Bertz CT molecular complexity index is 2790. The van der Waals surface area contributed by atoms with Gasteiger partial charge in [0, 0.05) is 27.7 Å². The van der Waals surface area contributed by atoms with Crippen molar-refractivity contribution in [2.24, 2.45) is 0 Å². The van der Waals surface area contributed by atoms with Crippen LogP contribution in [-0.4, -0.2) is 8.07 Å². The molecule has 3 heteroatoms. The van der Waals surface area contributed by atoms with Gasteiger partial charge in [0.2, 0.25) is 0 Å². The summed E-state index contributed by atoms with van der Waals surface area (Å²) in [5.74, 6) is 0. The molecular formula is C48H35NOSi. The van der Waals surface area contributed by atoms with Crippen molar-refractivity contribution in [3.8, 4) is 33.4 Å². The molecule has 51 heavy (non-hydrogen) atoms. The van der Waals surface area contributed by atoms with Crippen molar-refractivity contribution in [2.45, 2.75) is 13.1 Å². The van der Waals surface area contributed by atoms with Gasteiger partial charge in [-0.1, -0.05) is 140 Å². The number of benzene rings is 8. The first-order valence-corrected chi connectivity index (χ1v) is 20.7. The average molecular weight is 670 g/mol. The zero-order valence-corrected chi connectivity index (χ0v) is 29.6. The SMILES string of the molecule is C[Si]1(C)c2cc(N(c3cccc(-c4ccc5ccccc5c4)c3)c3ccccc3-c3ccccc3)ccc2-c2c1ccc1oc3ccccc3c21. The van der Waals surface area contributed by atoms with E-state index in [4.69, 9.17) is 4.42 Å². The van der Waals surface area contributed by atoms with Crippen LogP contribution in [0.5, 0.6) is 0 Å². The van der Waals surface area contributed by atoms with E-state index >= 15 is 0 Å². The second-order valence-electron chi connectivity index (χ2n) is 14.1. The summed E-state index contributed by atoms with van der Waals surface area (Å²) in [6.45, 7) is 5.00. The van der Waals surface area contributed by atoms with Gasteiger partial charge in [0.05, 0.1) is 5.69 Å². The van der Waals surface area contributed by atoms with Crippen LogP contribution in [0.1, 0.15) is 0 Å². The molecule has 0 bridgehead atoms. The topological polar surface area (TPSA) is 16.4 Å². The van der Waals surface area contributed by atoms with Crippen molar-refractivity contribution in [1.82, 2.24) is 0 Å². The minimum Gasteiger partial charge on any atom is -0.456 e. The first kappa shape index (κ1) is 29.7. The molecule has 0 saturated heterocycles. The summed E-state index contributed by atoms with van der Waals surface area (Å²) in [4.78, 5) is 2.46. The van der Waals surface area contributed by atoms with Crippen LogP contribution < -0.4 is 15.3 Å². The van der Waals surface area contributed by atoms with Gasteiger partial charge in [-0.3, -0.25) is 0 Å². The predicted octanol–water partition coefficient (Wildman–Crippen LogP) is 12.3. The van der Waals surface area contributed by atoms with E-state index in [2.05, 4.69) is 194 Å². The molecule has 8 aromatic carbocycles. The maximum Gasteiger partial charge on any atom is 0.136 e. The number of anilines is 3. The van der Waals surface area contributed by atoms with Crippen LogP contribution in [0.3, 0.4) is 0 Å². The molecule has 0 saturated carbocycles. The molecule has 1 aliphatic heterocycles. The Labute approximate surface area is 298 Å². The normalized spacial score (nSPS) is 13.1. The van der Waals surface area contributed by atoms with Gasteiger partial charge in [-0.2, -0.15) is 0 Å². The predicted molar refractivity (Wildman–Crippen MR) is 219 cm³/mol. The van der Waals surface area contributed by atoms with Crippen molar-refractivity contribution >= 4 is 68.2 Å². The van der Waals surface area contributed by atoms with Crippen molar-refractivity contribution < 1.29 is 4.42 Å². The molecule has 0 amide bonds. The van der Waals surface area contributed by atoms with Gasteiger partial charge in [-0.25, -0.2) is 0 Å². The lowest BCUT2D eigenvalue weighted by Crippen LogP contribution is -2.49. The largest absolute Gasteiger partial charge is 0.456 e. The molecule has 0 aliphatic carbocycles. The van der Waals surface area contributed by atoms with Crippen LogP contribution in [0.25, 0.3) is 66.1 Å². The van der Waals surface area contributed by atoms with E-state index in [0.29, 0.717) is 0 Å². The molecular weight excluding hydrogens is 635 g/mol. The molecule has 0 fully saturated rings. The molecule has 0 spiro atoms.